The third-order valence-corrected chi connectivity index (χ3v) is 4.86. The van der Waals surface area contributed by atoms with Gasteiger partial charge >= 0.3 is 0 Å². The molecule has 0 saturated heterocycles. The molecule has 0 radical (unpaired) electrons. The second-order valence-electron chi connectivity index (χ2n) is 6.21. The van der Waals surface area contributed by atoms with E-state index in [2.05, 4.69) is 15.4 Å². The van der Waals surface area contributed by atoms with Crippen molar-refractivity contribution in [1.82, 2.24) is 14.8 Å². The number of anilines is 1. The normalized spacial score (nSPS) is 10.7. The Morgan fingerprint density at radius 3 is 2.72 bits per heavy atom. The van der Waals surface area contributed by atoms with Gasteiger partial charge in [0.15, 0.2) is 0 Å². The van der Waals surface area contributed by atoms with Gasteiger partial charge < -0.3 is 10.1 Å². The van der Waals surface area contributed by atoms with E-state index >= 15 is 0 Å². The molecule has 0 spiro atoms. The molecule has 6 nitrogen and oxygen atoms in total. The molecule has 0 aliphatic rings. The van der Waals surface area contributed by atoms with E-state index in [1.165, 1.54) is 17.4 Å². The second-order valence-corrected chi connectivity index (χ2v) is 6.93. The van der Waals surface area contributed by atoms with Crippen LogP contribution in [-0.4, -0.2) is 20.7 Å². The summed E-state index contributed by atoms with van der Waals surface area (Å²) in [7, 11) is 0. The fraction of sp³-hybridized carbons (Fsp3) is 0.0952. The van der Waals surface area contributed by atoms with Gasteiger partial charge in [-0.15, -0.1) is 11.3 Å². The molecule has 0 bridgehead atoms. The smallest absolute Gasteiger partial charge is 0.256 e. The van der Waals surface area contributed by atoms with Gasteiger partial charge in [0.05, 0.1) is 23.9 Å². The summed E-state index contributed by atoms with van der Waals surface area (Å²) in [6.45, 7) is 0.600. The van der Waals surface area contributed by atoms with Crippen molar-refractivity contribution < 1.29 is 13.9 Å². The van der Waals surface area contributed by atoms with E-state index in [-0.39, 0.29) is 18.3 Å². The lowest BCUT2D eigenvalue weighted by Gasteiger charge is -2.10. The van der Waals surface area contributed by atoms with E-state index in [0.717, 1.165) is 5.69 Å². The first-order valence-corrected chi connectivity index (χ1v) is 9.80. The third kappa shape index (κ3) is 4.67. The summed E-state index contributed by atoms with van der Waals surface area (Å²) in [6.07, 6.45) is 1.56. The molecular weight excluding hydrogens is 391 g/mol. The van der Waals surface area contributed by atoms with Crippen LogP contribution in [0.1, 0.15) is 21.6 Å². The third-order valence-electron chi connectivity index (χ3n) is 4.22. The van der Waals surface area contributed by atoms with Crippen LogP contribution in [0.5, 0.6) is 5.75 Å². The number of ether oxygens (including phenoxy) is 1. The van der Waals surface area contributed by atoms with Crippen LogP contribution < -0.4 is 10.1 Å². The van der Waals surface area contributed by atoms with E-state index in [1.54, 1.807) is 64.9 Å². The summed E-state index contributed by atoms with van der Waals surface area (Å²) >= 11 is 1.51. The molecule has 2 heterocycles. The molecule has 0 aliphatic heterocycles. The van der Waals surface area contributed by atoms with Crippen LogP contribution >= 0.6 is 11.3 Å². The highest BCUT2D eigenvalue weighted by Gasteiger charge is 2.11. The van der Waals surface area contributed by atoms with Gasteiger partial charge in [0.1, 0.15) is 24.0 Å². The monoisotopic (exact) mass is 408 g/mol. The minimum Gasteiger partial charge on any atom is -0.487 e. The van der Waals surface area contributed by atoms with Gasteiger partial charge in [-0.05, 0) is 30.3 Å². The average molecular weight is 408 g/mol. The lowest BCUT2D eigenvalue weighted by molar-refractivity contribution is 0.102. The van der Waals surface area contributed by atoms with Crippen LogP contribution in [0.15, 0.2) is 71.7 Å². The molecule has 1 amide bonds. The topological polar surface area (TPSA) is 69.0 Å². The molecule has 0 fully saturated rings. The van der Waals surface area contributed by atoms with Crippen LogP contribution in [0.25, 0.3) is 0 Å². The van der Waals surface area contributed by atoms with Gasteiger partial charge in [0, 0.05) is 22.6 Å². The molecule has 0 saturated carbocycles. The summed E-state index contributed by atoms with van der Waals surface area (Å²) in [5.41, 5.74) is 3.58. The fourth-order valence-corrected chi connectivity index (χ4v) is 3.25. The van der Waals surface area contributed by atoms with Gasteiger partial charge in [-0.2, -0.15) is 5.10 Å². The maximum absolute atomic E-state index is 13.9. The zero-order chi connectivity index (χ0) is 20.1. The first-order valence-electron chi connectivity index (χ1n) is 8.85. The molecule has 4 rings (SSSR count). The lowest BCUT2D eigenvalue weighted by Crippen LogP contribution is -2.16. The van der Waals surface area contributed by atoms with Crippen LogP contribution in [0.3, 0.4) is 0 Å². The van der Waals surface area contributed by atoms with Crippen LogP contribution in [0.2, 0.25) is 0 Å². The van der Waals surface area contributed by atoms with Crippen LogP contribution in [0.4, 0.5) is 10.2 Å². The average Bonchev–Trinajstić information content (AvgIpc) is 3.41. The predicted octanol–water partition coefficient (Wildman–Crippen LogP) is 4.36. The Bertz CT molecular complexity index is 1090. The molecule has 4 aromatic rings. The van der Waals surface area contributed by atoms with Gasteiger partial charge in [-0.3, -0.25) is 4.79 Å². The van der Waals surface area contributed by atoms with Crippen molar-refractivity contribution in [2.24, 2.45) is 0 Å². The van der Waals surface area contributed by atoms with Gasteiger partial charge in [-0.1, -0.05) is 18.2 Å². The van der Waals surface area contributed by atoms with Crippen LogP contribution in [-0.2, 0) is 13.2 Å². The number of hydrogen-bond donors (Lipinski definition) is 1. The quantitative estimate of drug-likeness (QED) is 0.493. The summed E-state index contributed by atoms with van der Waals surface area (Å²) in [5.74, 6) is 0.543. The Balaban J connectivity index is 1.39. The van der Waals surface area contributed by atoms with E-state index < -0.39 is 0 Å². The largest absolute Gasteiger partial charge is 0.487 e. The Hall–Kier alpha value is -3.52. The molecule has 2 aromatic heterocycles. The van der Waals surface area contributed by atoms with E-state index in [0.29, 0.717) is 29.3 Å². The Morgan fingerprint density at radius 1 is 1.14 bits per heavy atom. The molecule has 1 N–H and O–H groups in total. The van der Waals surface area contributed by atoms with Crippen molar-refractivity contribution in [3.63, 3.8) is 0 Å². The Kier molecular flexibility index (Phi) is 5.62. The van der Waals surface area contributed by atoms with Gasteiger partial charge in [0.25, 0.3) is 5.91 Å². The van der Waals surface area contributed by atoms with E-state index in [4.69, 9.17) is 4.74 Å². The highest BCUT2D eigenvalue weighted by molar-refractivity contribution is 7.07. The second kappa shape index (κ2) is 8.66. The molecule has 146 valence electrons. The number of nitrogens with one attached hydrogen (secondary N) is 1. The number of benzene rings is 2. The summed E-state index contributed by atoms with van der Waals surface area (Å²) in [4.78, 5) is 16.7. The molecule has 0 aliphatic carbocycles. The molecule has 0 unspecified atom stereocenters. The maximum atomic E-state index is 13.9. The molecule has 2 aromatic carbocycles. The number of carbonyl (C=O) groups excluding carboxylic acids is 1. The number of aromatic nitrogens is 3. The number of carbonyl (C=O) groups is 1. The molecule has 0 atom stereocenters. The van der Waals surface area contributed by atoms with Crippen molar-refractivity contribution in [2.45, 2.75) is 13.2 Å². The minimum absolute atomic E-state index is 0.221. The Labute approximate surface area is 170 Å². The van der Waals surface area contributed by atoms with Gasteiger partial charge in [-0.25, -0.2) is 14.1 Å². The first-order chi connectivity index (χ1) is 14.2. The number of nitrogens with zero attached hydrogens (tertiary/aromatic N) is 3. The fourth-order valence-electron chi connectivity index (χ4n) is 2.71. The molecule has 29 heavy (non-hydrogen) atoms. The summed E-state index contributed by atoms with van der Waals surface area (Å²) < 4.78 is 21.1. The van der Waals surface area contributed by atoms with E-state index in [1.807, 2.05) is 5.38 Å². The number of rotatable bonds is 7. The zero-order valence-electron chi connectivity index (χ0n) is 15.3. The van der Waals surface area contributed by atoms with Crippen molar-refractivity contribution >= 4 is 23.1 Å². The van der Waals surface area contributed by atoms with Crippen molar-refractivity contribution in [1.29, 1.82) is 0 Å². The maximum Gasteiger partial charge on any atom is 0.256 e. The first kappa shape index (κ1) is 18.8. The number of amides is 1. The highest BCUT2D eigenvalue weighted by Crippen LogP contribution is 2.17. The lowest BCUT2D eigenvalue weighted by atomic mass is 10.2. The van der Waals surface area contributed by atoms with E-state index in [9.17, 15) is 9.18 Å². The highest BCUT2D eigenvalue weighted by atomic mass is 32.1. The number of thiazole rings is 1. The number of halogens is 1. The van der Waals surface area contributed by atoms with Crippen molar-refractivity contribution in [3.05, 3.63) is 94.3 Å². The van der Waals surface area contributed by atoms with Crippen LogP contribution in [0, 0.1) is 5.82 Å². The van der Waals surface area contributed by atoms with Crippen molar-refractivity contribution in [2.75, 3.05) is 5.32 Å². The summed E-state index contributed by atoms with van der Waals surface area (Å²) in [6, 6.07) is 15.0. The standard InChI is InChI=1S/C21H17FN4O2S/c22-19-4-2-1-3-16(19)11-26-20(9-10-24-26)25-21(27)15-5-7-18(8-6-15)28-12-17-13-29-14-23-17/h1-10,13-14H,11-12H2,(H,25,27). The number of hydrogen-bond acceptors (Lipinski definition) is 5. The zero-order valence-corrected chi connectivity index (χ0v) is 16.1. The van der Waals surface area contributed by atoms with Crippen molar-refractivity contribution in [3.8, 4) is 5.75 Å². The molecule has 8 heteroatoms. The van der Waals surface area contributed by atoms with Gasteiger partial charge in [0.2, 0.25) is 0 Å². The minimum atomic E-state index is -0.312. The predicted molar refractivity (Wildman–Crippen MR) is 109 cm³/mol. The SMILES string of the molecule is O=C(Nc1ccnn1Cc1ccccc1F)c1ccc(OCc2cscn2)cc1. The Morgan fingerprint density at radius 2 is 1.97 bits per heavy atom. The molecular formula is C21H17FN4O2S. The summed E-state index contributed by atoms with van der Waals surface area (Å²) in [5, 5.41) is 8.91.